The minimum atomic E-state index is -0.178. The average Bonchev–Trinajstić information content (AvgIpc) is 3.00. The number of carbonyl (C=O) groups is 1. The highest BCUT2D eigenvalue weighted by Crippen LogP contribution is 2.38. The van der Waals surface area contributed by atoms with Gasteiger partial charge in [0.2, 0.25) is 0 Å². The van der Waals surface area contributed by atoms with Gasteiger partial charge in [0.15, 0.2) is 0 Å². The molecular formula is C15H13Cl2N3OS. The Morgan fingerprint density at radius 2 is 2.23 bits per heavy atom. The number of nitrogens with one attached hydrogen (secondary N) is 1. The van der Waals surface area contributed by atoms with Gasteiger partial charge in [-0.1, -0.05) is 29.3 Å². The Morgan fingerprint density at radius 1 is 1.36 bits per heavy atom. The highest BCUT2D eigenvalue weighted by Gasteiger charge is 2.31. The number of hydrogen-bond acceptors (Lipinski definition) is 3. The third-order valence-electron chi connectivity index (χ3n) is 3.29. The van der Waals surface area contributed by atoms with Crippen LogP contribution in [0.3, 0.4) is 0 Å². The second-order valence-electron chi connectivity index (χ2n) is 4.76. The van der Waals surface area contributed by atoms with Gasteiger partial charge in [0.25, 0.3) is 0 Å². The highest BCUT2D eigenvalue weighted by molar-refractivity contribution is 7.99. The maximum absolute atomic E-state index is 12.5. The summed E-state index contributed by atoms with van der Waals surface area (Å²) in [7, 11) is 0. The van der Waals surface area contributed by atoms with Crippen LogP contribution in [0.4, 0.5) is 10.5 Å². The Labute approximate surface area is 142 Å². The molecule has 1 aliphatic rings. The lowest BCUT2D eigenvalue weighted by Crippen LogP contribution is -2.34. The smallest absolute Gasteiger partial charge is 0.308 e. The largest absolute Gasteiger partial charge is 0.323 e. The third-order valence-corrected chi connectivity index (χ3v) is 5.10. The van der Waals surface area contributed by atoms with E-state index in [-0.39, 0.29) is 11.4 Å². The van der Waals surface area contributed by atoms with Crippen LogP contribution in [0.15, 0.2) is 42.7 Å². The average molecular weight is 354 g/mol. The van der Waals surface area contributed by atoms with Crippen LogP contribution < -0.4 is 5.32 Å². The predicted octanol–water partition coefficient (Wildman–Crippen LogP) is 4.67. The summed E-state index contributed by atoms with van der Waals surface area (Å²) in [4.78, 5) is 18.4. The topological polar surface area (TPSA) is 45.2 Å². The van der Waals surface area contributed by atoms with Crippen molar-refractivity contribution in [1.29, 1.82) is 0 Å². The molecule has 4 nitrogen and oxygen atoms in total. The van der Waals surface area contributed by atoms with E-state index in [1.807, 2.05) is 12.1 Å². The van der Waals surface area contributed by atoms with E-state index in [4.69, 9.17) is 23.2 Å². The maximum atomic E-state index is 12.5. The lowest BCUT2D eigenvalue weighted by atomic mass is 10.2. The van der Waals surface area contributed by atoms with Gasteiger partial charge in [-0.15, -0.1) is 11.8 Å². The van der Waals surface area contributed by atoms with Crippen molar-refractivity contribution in [2.24, 2.45) is 0 Å². The number of nitrogens with zero attached hydrogens (tertiary/aromatic N) is 2. The fourth-order valence-corrected chi connectivity index (χ4v) is 3.95. The Hall–Kier alpha value is -1.43. The van der Waals surface area contributed by atoms with Gasteiger partial charge < -0.3 is 10.2 Å². The van der Waals surface area contributed by atoms with Crippen molar-refractivity contribution in [3.05, 3.63) is 58.3 Å². The SMILES string of the molecule is O=C(Nc1ccc(Cl)cc1Cl)N1CCS[C@H]1c1cccnc1. The molecule has 1 aromatic carbocycles. The van der Waals surface area contributed by atoms with Crippen LogP contribution in [0, 0.1) is 0 Å². The lowest BCUT2D eigenvalue weighted by molar-refractivity contribution is 0.214. The molecule has 1 N–H and O–H groups in total. The van der Waals surface area contributed by atoms with Crippen LogP contribution in [0.5, 0.6) is 0 Å². The molecule has 1 saturated heterocycles. The zero-order chi connectivity index (χ0) is 15.5. The van der Waals surface area contributed by atoms with Crippen molar-refractivity contribution < 1.29 is 4.79 Å². The molecule has 0 saturated carbocycles. The molecule has 3 rings (SSSR count). The van der Waals surface area contributed by atoms with Gasteiger partial charge in [-0.25, -0.2) is 4.79 Å². The number of halogens is 2. The molecule has 1 aliphatic heterocycles. The molecule has 2 aromatic rings. The summed E-state index contributed by atoms with van der Waals surface area (Å²) in [5.41, 5.74) is 1.57. The van der Waals surface area contributed by atoms with E-state index in [9.17, 15) is 4.79 Å². The minimum absolute atomic E-state index is 0.0280. The van der Waals surface area contributed by atoms with Crippen molar-refractivity contribution in [2.45, 2.75) is 5.37 Å². The first kappa shape index (κ1) is 15.5. The van der Waals surface area contributed by atoms with E-state index in [1.54, 1.807) is 47.3 Å². The molecule has 22 heavy (non-hydrogen) atoms. The van der Waals surface area contributed by atoms with Crippen molar-refractivity contribution >= 4 is 46.7 Å². The second kappa shape index (κ2) is 6.77. The van der Waals surface area contributed by atoms with Crippen LogP contribution in [0.1, 0.15) is 10.9 Å². The van der Waals surface area contributed by atoms with E-state index in [0.29, 0.717) is 22.3 Å². The Kier molecular flexibility index (Phi) is 4.76. The summed E-state index contributed by atoms with van der Waals surface area (Å²) >= 11 is 13.7. The van der Waals surface area contributed by atoms with Gasteiger partial charge in [0.1, 0.15) is 5.37 Å². The van der Waals surface area contributed by atoms with Crippen molar-refractivity contribution in [2.75, 3.05) is 17.6 Å². The maximum Gasteiger partial charge on any atom is 0.323 e. The van der Waals surface area contributed by atoms with Crippen molar-refractivity contribution in [1.82, 2.24) is 9.88 Å². The lowest BCUT2D eigenvalue weighted by Gasteiger charge is -2.24. The van der Waals surface area contributed by atoms with E-state index in [2.05, 4.69) is 10.3 Å². The molecule has 2 heterocycles. The summed E-state index contributed by atoms with van der Waals surface area (Å²) in [5, 5.41) is 3.77. The van der Waals surface area contributed by atoms with Crippen molar-refractivity contribution in [3.8, 4) is 0 Å². The standard InChI is InChI=1S/C15H13Cl2N3OS/c16-11-3-4-13(12(17)8-11)19-15(21)20-6-7-22-14(20)10-2-1-5-18-9-10/h1-5,8-9,14H,6-7H2,(H,19,21)/t14-/m0/s1. The minimum Gasteiger partial charge on any atom is -0.308 e. The highest BCUT2D eigenvalue weighted by atomic mass is 35.5. The molecule has 0 aliphatic carbocycles. The molecule has 1 atom stereocenters. The number of thioether (sulfide) groups is 1. The molecule has 1 aromatic heterocycles. The first-order chi connectivity index (χ1) is 10.6. The number of anilines is 1. The number of benzene rings is 1. The van der Waals surface area contributed by atoms with Crippen LogP contribution >= 0.6 is 35.0 Å². The Bertz CT molecular complexity index is 684. The van der Waals surface area contributed by atoms with E-state index in [1.165, 1.54) is 0 Å². The van der Waals surface area contributed by atoms with Crippen LogP contribution in [-0.2, 0) is 0 Å². The fraction of sp³-hybridized carbons (Fsp3) is 0.200. The fourth-order valence-electron chi connectivity index (χ4n) is 2.25. The van der Waals surface area contributed by atoms with Crippen LogP contribution in [0.25, 0.3) is 0 Å². The number of urea groups is 1. The number of carbonyl (C=O) groups excluding carboxylic acids is 1. The summed E-state index contributed by atoms with van der Waals surface area (Å²) < 4.78 is 0. The summed E-state index contributed by atoms with van der Waals surface area (Å²) in [6.07, 6.45) is 3.51. The number of aromatic nitrogens is 1. The molecule has 0 spiro atoms. The molecule has 1 fully saturated rings. The van der Waals surface area contributed by atoms with Gasteiger partial charge in [-0.05, 0) is 24.3 Å². The van der Waals surface area contributed by atoms with Gasteiger partial charge in [0.05, 0.1) is 10.7 Å². The van der Waals surface area contributed by atoms with Crippen molar-refractivity contribution in [3.63, 3.8) is 0 Å². The number of amides is 2. The van der Waals surface area contributed by atoms with Gasteiger partial charge in [0, 0.05) is 35.3 Å². The van der Waals surface area contributed by atoms with Gasteiger partial charge in [-0.3, -0.25) is 4.98 Å². The quantitative estimate of drug-likeness (QED) is 0.853. The zero-order valence-corrected chi connectivity index (χ0v) is 13.8. The molecule has 2 amide bonds. The molecule has 114 valence electrons. The number of hydrogen-bond donors (Lipinski definition) is 1. The first-order valence-electron chi connectivity index (χ1n) is 6.69. The molecular weight excluding hydrogens is 341 g/mol. The summed E-state index contributed by atoms with van der Waals surface area (Å²) in [6, 6.07) is 8.68. The van der Waals surface area contributed by atoms with Gasteiger partial charge in [-0.2, -0.15) is 0 Å². The monoisotopic (exact) mass is 353 g/mol. The number of rotatable bonds is 2. The van der Waals surface area contributed by atoms with E-state index < -0.39 is 0 Å². The second-order valence-corrected chi connectivity index (χ2v) is 6.79. The summed E-state index contributed by atoms with van der Waals surface area (Å²) in [5.74, 6) is 0.890. The van der Waals surface area contributed by atoms with Crippen LogP contribution in [-0.4, -0.2) is 28.2 Å². The third kappa shape index (κ3) is 3.32. The molecule has 0 radical (unpaired) electrons. The Morgan fingerprint density at radius 3 is 2.95 bits per heavy atom. The number of pyridine rings is 1. The van der Waals surface area contributed by atoms with E-state index in [0.717, 1.165) is 11.3 Å². The van der Waals surface area contributed by atoms with Crippen LogP contribution in [0.2, 0.25) is 10.0 Å². The zero-order valence-electron chi connectivity index (χ0n) is 11.5. The predicted molar refractivity (Wildman–Crippen MR) is 91.6 cm³/mol. The molecule has 7 heteroatoms. The van der Waals surface area contributed by atoms with E-state index >= 15 is 0 Å². The van der Waals surface area contributed by atoms with Gasteiger partial charge >= 0.3 is 6.03 Å². The first-order valence-corrected chi connectivity index (χ1v) is 8.50. The Balaban J connectivity index is 1.76. The molecule has 0 unspecified atom stereocenters. The normalized spacial score (nSPS) is 17.5. The molecule has 0 bridgehead atoms. The summed E-state index contributed by atoms with van der Waals surface area (Å²) in [6.45, 7) is 0.682.